The van der Waals surface area contributed by atoms with Crippen LogP contribution >= 0.6 is 45.3 Å². The zero-order valence-corrected chi connectivity index (χ0v) is 18.7. The van der Waals surface area contributed by atoms with Crippen molar-refractivity contribution in [3.63, 3.8) is 0 Å². The maximum atomic E-state index is 2.38. The van der Waals surface area contributed by atoms with Crippen LogP contribution in [0.3, 0.4) is 0 Å². The van der Waals surface area contributed by atoms with E-state index >= 15 is 0 Å². The van der Waals surface area contributed by atoms with Crippen molar-refractivity contribution in [3.8, 4) is 19.5 Å². The van der Waals surface area contributed by atoms with Crippen molar-refractivity contribution in [3.05, 3.63) is 45.8 Å². The molecule has 0 nitrogen and oxygen atoms in total. The fourth-order valence-electron chi connectivity index (χ4n) is 2.62. The summed E-state index contributed by atoms with van der Waals surface area (Å²) in [7, 11) is 0. The van der Waals surface area contributed by atoms with Crippen molar-refractivity contribution in [2.45, 2.75) is 0 Å². The van der Waals surface area contributed by atoms with Gasteiger partial charge in [-0.25, -0.2) is 0 Å². The van der Waals surface area contributed by atoms with E-state index in [1.165, 1.54) is 0 Å². The SMILES string of the molecule is c1c[c]2c(s1)-c1scc[c]1[Ge][c]1ccsc1-c1scc[c]1[Ge]2. The fraction of sp³-hybridized carbons (Fsp3) is 0. The second-order valence-corrected chi connectivity index (χ2v) is 14.1. The zero-order chi connectivity index (χ0) is 14.5. The monoisotopic (exact) mass is 476 g/mol. The van der Waals surface area contributed by atoms with Gasteiger partial charge in [-0.1, -0.05) is 0 Å². The van der Waals surface area contributed by atoms with Crippen LogP contribution in [0.15, 0.2) is 45.8 Å². The number of rotatable bonds is 0. The summed E-state index contributed by atoms with van der Waals surface area (Å²) in [6.07, 6.45) is 0. The molecule has 4 aromatic rings. The number of hydrogen-bond acceptors (Lipinski definition) is 4. The molecule has 5 heterocycles. The van der Waals surface area contributed by atoms with Gasteiger partial charge in [-0.3, -0.25) is 0 Å². The first-order valence-corrected chi connectivity index (χ1v) is 14.5. The normalized spacial score (nSPS) is 13.1. The molecule has 0 aliphatic carbocycles. The summed E-state index contributed by atoms with van der Waals surface area (Å²) in [6, 6.07) is 9.51. The average molecular weight is 474 g/mol. The molecule has 0 saturated carbocycles. The first-order valence-electron chi connectivity index (χ1n) is 6.75. The molecule has 0 bridgehead atoms. The summed E-state index contributed by atoms with van der Waals surface area (Å²) in [5.74, 6) is 0. The molecule has 0 amide bonds. The number of thiophene rings is 4. The van der Waals surface area contributed by atoms with E-state index in [2.05, 4.69) is 45.8 Å². The molecule has 0 saturated heterocycles. The Morgan fingerprint density at radius 2 is 0.727 bits per heavy atom. The fourth-order valence-corrected chi connectivity index (χ4v) is 15.1. The van der Waals surface area contributed by atoms with E-state index in [9.17, 15) is 0 Å². The molecule has 0 spiro atoms. The predicted molar refractivity (Wildman–Crippen MR) is 105 cm³/mol. The molecule has 1 aliphatic heterocycles. The molecule has 4 aromatic heterocycles. The van der Waals surface area contributed by atoms with Crippen LogP contribution in [-0.4, -0.2) is 30.9 Å². The second kappa shape index (κ2) is 5.75. The summed E-state index contributed by atoms with van der Waals surface area (Å²) in [5, 5.41) is 9.16. The van der Waals surface area contributed by atoms with Gasteiger partial charge in [-0.05, 0) is 0 Å². The van der Waals surface area contributed by atoms with Gasteiger partial charge in [-0.15, -0.1) is 0 Å². The van der Waals surface area contributed by atoms with Crippen molar-refractivity contribution >= 4 is 93.8 Å². The third-order valence-electron chi connectivity index (χ3n) is 3.61. The molecule has 0 fully saturated rings. The van der Waals surface area contributed by atoms with E-state index in [0.29, 0.717) is 0 Å². The predicted octanol–water partition coefficient (Wildman–Crippen LogP) is 2.89. The van der Waals surface area contributed by atoms with Crippen LogP contribution in [-0.2, 0) is 0 Å². The Labute approximate surface area is 157 Å². The Hall–Kier alpha value is -0.114. The maximum absolute atomic E-state index is 2.38. The van der Waals surface area contributed by atoms with E-state index in [-0.39, 0.29) is 30.9 Å². The first kappa shape index (κ1) is 14.2. The molecule has 0 N–H and O–H groups in total. The van der Waals surface area contributed by atoms with Crippen LogP contribution in [0.2, 0.25) is 0 Å². The van der Waals surface area contributed by atoms with Gasteiger partial charge in [0.15, 0.2) is 0 Å². The second-order valence-electron chi connectivity index (χ2n) is 4.90. The van der Waals surface area contributed by atoms with Crippen LogP contribution in [0.5, 0.6) is 0 Å². The van der Waals surface area contributed by atoms with Gasteiger partial charge in [0.2, 0.25) is 0 Å². The summed E-state index contributed by atoms with van der Waals surface area (Å²) in [4.78, 5) is 6.24. The van der Waals surface area contributed by atoms with Crippen LogP contribution in [0.4, 0.5) is 0 Å². The Balaban J connectivity index is 1.80. The van der Waals surface area contributed by atoms with E-state index in [4.69, 9.17) is 0 Å². The van der Waals surface area contributed by atoms with E-state index < -0.39 is 0 Å². The van der Waals surface area contributed by atoms with Crippen LogP contribution in [0, 0.1) is 0 Å². The molecule has 0 atom stereocenters. The summed E-state index contributed by atoms with van der Waals surface area (Å²) < 4.78 is 6.50. The number of hydrogen-bond donors (Lipinski definition) is 0. The molecule has 0 unspecified atom stereocenters. The van der Waals surface area contributed by atoms with Gasteiger partial charge in [0.1, 0.15) is 0 Å². The van der Waals surface area contributed by atoms with E-state index in [1.807, 2.05) is 45.3 Å². The molecule has 5 rings (SSSR count). The Morgan fingerprint density at radius 1 is 0.455 bits per heavy atom. The molecule has 22 heavy (non-hydrogen) atoms. The topological polar surface area (TPSA) is 0 Å². The van der Waals surface area contributed by atoms with Crippen LogP contribution in [0.25, 0.3) is 19.5 Å². The molecular formula is C16H8Ge2S4. The van der Waals surface area contributed by atoms with Gasteiger partial charge >= 0.3 is 159 Å². The third-order valence-corrected chi connectivity index (χ3v) is 14.9. The van der Waals surface area contributed by atoms with Gasteiger partial charge in [-0.2, -0.15) is 0 Å². The zero-order valence-electron chi connectivity index (χ0n) is 11.3. The van der Waals surface area contributed by atoms with Gasteiger partial charge in [0, 0.05) is 0 Å². The molecular weight excluding hydrogens is 466 g/mol. The molecule has 4 radical (unpaired) electrons. The standard InChI is InChI=1S/C16H8Ge2S4/c1-5-19-13-9(1)17-10-2-6-21-15(10)16-12(4-8-22-16)18-11-3-7-20-14(11)13/h1-8H. The Kier molecular flexibility index (Phi) is 3.73. The number of fused-ring (bicyclic) bond motifs is 6. The minimum absolute atomic E-state index is 0.247. The Bertz CT molecular complexity index is 801. The molecule has 0 aromatic carbocycles. The van der Waals surface area contributed by atoms with Crippen LogP contribution in [0.1, 0.15) is 0 Å². The van der Waals surface area contributed by atoms with Crippen molar-refractivity contribution in [1.29, 1.82) is 0 Å². The van der Waals surface area contributed by atoms with E-state index in [1.54, 1.807) is 37.1 Å². The van der Waals surface area contributed by atoms with Crippen molar-refractivity contribution in [2.24, 2.45) is 0 Å². The third kappa shape index (κ3) is 2.27. The van der Waals surface area contributed by atoms with Crippen LogP contribution < -0.4 is 17.6 Å². The molecule has 1 aliphatic rings. The molecule has 6 heteroatoms. The average Bonchev–Trinajstić information content (AvgIpc) is 3.26. The van der Waals surface area contributed by atoms with Gasteiger partial charge in [0.05, 0.1) is 0 Å². The van der Waals surface area contributed by atoms with Crippen molar-refractivity contribution in [1.82, 2.24) is 0 Å². The summed E-state index contributed by atoms with van der Waals surface area (Å²) >= 11 is 7.26. The molecule has 104 valence electrons. The van der Waals surface area contributed by atoms with Crippen molar-refractivity contribution < 1.29 is 0 Å². The first-order chi connectivity index (χ1) is 10.9. The Morgan fingerprint density at radius 3 is 1.00 bits per heavy atom. The van der Waals surface area contributed by atoms with Gasteiger partial charge < -0.3 is 0 Å². The summed E-state index contributed by atoms with van der Waals surface area (Å²) in [5.41, 5.74) is 0. The summed E-state index contributed by atoms with van der Waals surface area (Å²) in [6.45, 7) is 0. The quantitative estimate of drug-likeness (QED) is 0.304. The van der Waals surface area contributed by atoms with E-state index in [0.717, 1.165) is 0 Å². The van der Waals surface area contributed by atoms with Gasteiger partial charge in [0.25, 0.3) is 0 Å². The van der Waals surface area contributed by atoms with Crippen molar-refractivity contribution in [2.75, 3.05) is 0 Å². The minimum atomic E-state index is -0.247.